The van der Waals surface area contributed by atoms with E-state index in [1.807, 2.05) is 24.3 Å². The van der Waals surface area contributed by atoms with Gasteiger partial charge in [-0.25, -0.2) is 0 Å². The number of benzene rings is 2. The predicted molar refractivity (Wildman–Crippen MR) is 106 cm³/mol. The Kier molecular flexibility index (Phi) is 4.27. The van der Waals surface area contributed by atoms with Crippen molar-refractivity contribution in [3.63, 3.8) is 0 Å². The van der Waals surface area contributed by atoms with Crippen LogP contribution in [0.2, 0.25) is 0 Å². The Balaban J connectivity index is 1.43. The number of fused-ring (bicyclic) bond motifs is 1. The van der Waals surface area contributed by atoms with Crippen molar-refractivity contribution in [1.29, 1.82) is 0 Å². The average molecular weight is 415 g/mol. The summed E-state index contributed by atoms with van der Waals surface area (Å²) in [5, 5.41) is 24.1. The molecule has 2 aliphatic rings. The largest absolute Gasteiger partial charge is 0.416 e. The third kappa shape index (κ3) is 3.50. The van der Waals surface area contributed by atoms with Gasteiger partial charge in [-0.05, 0) is 25.0 Å². The van der Waals surface area contributed by atoms with Crippen molar-refractivity contribution < 1.29 is 23.0 Å². The minimum atomic E-state index is -4.39. The highest BCUT2D eigenvalue weighted by atomic mass is 19.4. The summed E-state index contributed by atoms with van der Waals surface area (Å²) in [4.78, 5) is 0. The van der Waals surface area contributed by atoms with Crippen LogP contribution in [0.4, 0.5) is 19.0 Å². The third-order valence-corrected chi connectivity index (χ3v) is 5.86. The van der Waals surface area contributed by atoms with E-state index in [2.05, 4.69) is 15.5 Å². The molecular weight excluding hydrogens is 395 g/mol. The van der Waals surface area contributed by atoms with Gasteiger partial charge in [0.25, 0.3) is 0 Å². The Morgan fingerprint density at radius 2 is 1.70 bits per heavy atom. The van der Waals surface area contributed by atoms with Crippen molar-refractivity contribution in [3.05, 3.63) is 54.1 Å². The highest BCUT2D eigenvalue weighted by molar-refractivity contribution is 6.00. The number of rotatable bonds is 4. The van der Waals surface area contributed by atoms with Gasteiger partial charge in [-0.2, -0.15) is 13.2 Å². The van der Waals surface area contributed by atoms with Gasteiger partial charge in [0.15, 0.2) is 5.82 Å². The maximum absolute atomic E-state index is 12.9. The number of nitrogens with zero attached hydrogens (tertiary/aromatic N) is 2. The van der Waals surface area contributed by atoms with E-state index >= 15 is 0 Å². The number of ether oxygens (including phenoxy) is 1. The van der Waals surface area contributed by atoms with Crippen LogP contribution in [0.15, 0.2) is 48.5 Å². The molecule has 2 N–H and O–H groups in total. The summed E-state index contributed by atoms with van der Waals surface area (Å²) >= 11 is 0. The summed E-state index contributed by atoms with van der Waals surface area (Å²) in [5.74, 6) is 0.520. The highest BCUT2D eigenvalue weighted by Gasteiger charge is 2.55. The second-order valence-corrected chi connectivity index (χ2v) is 8.24. The lowest BCUT2D eigenvalue weighted by atomic mass is 9.99. The van der Waals surface area contributed by atoms with Crippen molar-refractivity contribution >= 4 is 16.6 Å². The molecule has 1 aliphatic carbocycles. The van der Waals surface area contributed by atoms with Crippen molar-refractivity contribution in [2.24, 2.45) is 0 Å². The lowest BCUT2D eigenvalue weighted by molar-refractivity contribution is -0.137. The molecule has 0 unspecified atom stereocenters. The van der Waals surface area contributed by atoms with E-state index in [9.17, 15) is 18.3 Å². The molecule has 2 aromatic carbocycles. The average Bonchev–Trinajstić information content (AvgIpc) is 3.40. The van der Waals surface area contributed by atoms with Gasteiger partial charge in [0.2, 0.25) is 0 Å². The van der Waals surface area contributed by atoms with E-state index in [1.165, 1.54) is 12.1 Å². The molecule has 1 spiro atoms. The first-order valence-corrected chi connectivity index (χ1v) is 9.80. The first-order chi connectivity index (χ1) is 14.3. The summed E-state index contributed by atoms with van der Waals surface area (Å²) in [5.41, 5.74) is -0.745. The zero-order chi connectivity index (χ0) is 21.0. The Labute approximate surface area is 170 Å². The number of aromatic nitrogens is 2. The Bertz CT molecular complexity index is 1100. The van der Waals surface area contributed by atoms with Crippen molar-refractivity contribution in [2.75, 3.05) is 18.5 Å². The molecule has 1 atom stereocenters. The van der Waals surface area contributed by atoms with Crippen LogP contribution in [0, 0.1) is 0 Å². The second-order valence-electron chi connectivity index (χ2n) is 8.24. The summed E-state index contributed by atoms with van der Waals surface area (Å²) < 4.78 is 44.3. The molecule has 156 valence electrons. The van der Waals surface area contributed by atoms with Gasteiger partial charge in [0, 0.05) is 29.3 Å². The Morgan fingerprint density at radius 1 is 1.00 bits per heavy atom. The summed E-state index contributed by atoms with van der Waals surface area (Å²) in [7, 11) is 0. The Hall–Kier alpha value is -2.71. The van der Waals surface area contributed by atoms with Gasteiger partial charge in [-0.15, -0.1) is 10.2 Å². The van der Waals surface area contributed by atoms with Crippen LogP contribution in [0.25, 0.3) is 22.0 Å². The molecule has 30 heavy (non-hydrogen) atoms. The van der Waals surface area contributed by atoms with Crippen LogP contribution in [-0.4, -0.2) is 39.7 Å². The predicted octanol–water partition coefficient (Wildman–Crippen LogP) is 4.41. The van der Waals surface area contributed by atoms with Crippen LogP contribution < -0.4 is 5.32 Å². The van der Waals surface area contributed by atoms with Crippen molar-refractivity contribution in [3.8, 4) is 11.3 Å². The third-order valence-electron chi connectivity index (χ3n) is 5.86. The molecule has 5 nitrogen and oxygen atoms in total. The molecule has 8 heteroatoms. The van der Waals surface area contributed by atoms with E-state index in [4.69, 9.17) is 4.74 Å². The van der Waals surface area contributed by atoms with Crippen LogP contribution in [0.1, 0.15) is 24.8 Å². The molecule has 0 amide bonds. The van der Waals surface area contributed by atoms with E-state index in [-0.39, 0.29) is 18.8 Å². The number of hydrogen-bond acceptors (Lipinski definition) is 5. The normalized spacial score (nSPS) is 22.5. The van der Waals surface area contributed by atoms with E-state index < -0.39 is 17.3 Å². The van der Waals surface area contributed by atoms with Gasteiger partial charge >= 0.3 is 6.18 Å². The van der Waals surface area contributed by atoms with Crippen LogP contribution >= 0.6 is 0 Å². The quantitative estimate of drug-likeness (QED) is 0.661. The number of halogens is 3. The summed E-state index contributed by atoms with van der Waals surface area (Å²) in [6.07, 6.45) is -1.81. The molecule has 5 rings (SSSR count). The lowest BCUT2D eigenvalue weighted by Gasteiger charge is -2.22. The number of alkyl halides is 3. The first-order valence-electron chi connectivity index (χ1n) is 9.80. The lowest BCUT2D eigenvalue weighted by Crippen LogP contribution is -2.38. The fourth-order valence-corrected chi connectivity index (χ4v) is 4.08. The zero-order valence-electron chi connectivity index (χ0n) is 16.0. The second kappa shape index (κ2) is 6.65. The van der Waals surface area contributed by atoms with Gasteiger partial charge in [0.05, 0.1) is 17.8 Å². The number of aliphatic hydroxyl groups is 1. The van der Waals surface area contributed by atoms with E-state index in [0.717, 1.165) is 35.7 Å². The molecule has 1 aromatic heterocycles. The van der Waals surface area contributed by atoms with E-state index in [0.29, 0.717) is 23.5 Å². The molecule has 3 aromatic rings. The topological polar surface area (TPSA) is 67.3 Å². The van der Waals surface area contributed by atoms with Crippen LogP contribution in [-0.2, 0) is 10.9 Å². The molecule has 0 bridgehead atoms. The standard InChI is InChI=1S/C22H20F3N3O2/c23-22(24,25)15-7-5-14(6-8-15)18-16-3-1-2-4-17(16)19(28-27-18)26-12-20(29)11-21(9-10-21)30-13-20/h1-8,29H,9-13H2,(H,26,28)/t20-/m1/s1. The van der Waals surface area contributed by atoms with Gasteiger partial charge in [-0.3, -0.25) is 0 Å². The van der Waals surface area contributed by atoms with Crippen LogP contribution in [0.5, 0.6) is 0 Å². The molecule has 0 radical (unpaired) electrons. The number of hydrogen-bond donors (Lipinski definition) is 2. The summed E-state index contributed by atoms with van der Waals surface area (Å²) in [6.45, 7) is 0.571. The fourth-order valence-electron chi connectivity index (χ4n) is 4.08. The molecular formula is C22H20F3N3O2. The SMILES string of the molecule is O[C@]1(CNc2nnc(-c3ccc(C(F)(F)F)cc3)c3ccccc23)COC2(CC2)C1. The van der Waals surface area contributed by atoms with E-state index in [1.54, 1.807) is 0 Å². The van der Waals surface area contributed by atoms with Crippen LogP contribution in [0.3, 0.4) is 0 Å². The molecule has 1 saturated heterocycles. The zero-order valence-corrected chi connectivity index (χ0v) is 16.0. The highest BCUT2D eigenvalue weighted by Crippen LogP contribution is 2.50. The number of anilines is 1. The Morgan fingerprint density at radius 3 is 2.33 bits per heavy atom. The smallest absolute Gasteiger partial charge is 0.386 e. The number of nitrogens with one attached hydrogen (secondary N) is 1. The molecule has 2 heterocycles. The van der Waals surface area contributed by atoms with Crippen molar-refractivity contribution in [1.82, 2.24) is 10.2 Å². The molecule has 1 aliphatic heterocycles. The fraction of sp³-hybridized carbons (Fsp3) is 0.364. The van der Waals surface area contributed by atoms with Crippen molar-refractivity contribution in [2.45, 2.75) is 36.6 Å². The first kappa shape index (κ1) is 19.3. The van der Waals surface area contributed by atoms with Gasteiger partial charge in [0.1, 0.15) is 11.3 Å². The minimum Gasteiger partial charge on any atom is -0.386 e. The van der Waals surface area contributed by atoms with Gasteiger partial charge < -0.3 is 15.2 Å². The monoisotopic (exact) mass is 415 g/mol. The minimum absolute atomic E-state index is 0.142. The molecule has 1 saturated carbocycles. The maximum atomic E-state index is 12.9. The summed E-state index contributed by atoms with van der Waals surface area (Å²) in [6, 6.07) is 12.3. The van der Waals surface area contributed by atoms with Gasteiger partial charge in [-0.1, -0.05) is 36.4 Å². The molecule has 2 fully saturated rings. The maximum Gasteiger partial charge on any atom is 0.416 e.